The Hall–Kier alpha value is -1.26. The molecule has 1 fully saturated rings. The normalized spacial score (nSPS) is 14.7. The largest absolute Gasteiger partial charge is 0.295 e. The third kappa shape index (κ3) is 3.73. The van der Waals surface area contributed by atoms with Crippen LogP contribution in [0.4, 0.5) is 0 Å². The lowest BCUT2D eigenvalue weighted by molar-refractivity contribution is 0.270. The number of rotatable bonds is 7. The van der Waals surface area contributed by atoms with E-state index in [1.54, 1.807) is 0 Å². The average molecular weight is 315 g/mol. The minimum Gasteiger partial charge on any atom is -0.295 e. The average Bonchev–Trinajstić information content (AvgIpc) is 3.32. The summed E-state index contributed by atoms with van der Waals surface area (Å²) in [5, 5.41) is 4.56. The van der Waals surface area contributed by atoms with Gasteiger partial charge in [-0.25, -0.2) is 0 Å². The molecule has 0 bridgehead atoms. The first kappa shape index (κ1) is 15.6. The Morgan fingerprint density at radius 1 is 1.23 bits per heavy atom. The van der Waals surface area contributed by atoms with E-state index >= 15 is 0 Å². The molecule has 3 nitrogen and oxygen atoms in total. The van der Waals surface area contributed by atoms with Crippen LogP contribution in [0.2, 0.25) is 0 Å². The molecule has 1 aromatic heterocycles. The molecule has 0 radical (unpaired) electrons. The van der Waals surface area contributed by atoms with E-state index in [-0.39, 0.29) is 0 Å². The second-order valence-electron chi connectivity index (χ2n) is 6.14. The van der Waals surface area contributed by atoms with Crippen LogP contribution in [0.3, 0.4) is 0 Å². The maximum atomic E-state index is 4.56. The summed E-state index contributed by atoms with van der Waals surface area (Å²) < 4.78 is 2.01. The van der Waals surface area contributed by atoms with Crippen molar-refractivity contribution in [3.63, 3.8) is 0 Å². The highest BCUT2D eigenvalue weighted by Crippen LogP contribution is 2.30. The molecule has 0 unspecified atom stereocenters. The molecule has 0 spiro atoms. The predicted molar refractivity (Wildman–Crippen MR) is 93.3 cm³/mol. The zero-order chi connectivity index (χ0) is 15.5. The fourth-order valence-electron chi connectivity index (χ4n) is 2.88. The van der Waals surface area contributed by atoms with Gasteiger partial charge < -0.3 is 0 Å². The summed E-state index contributed by atoms with van der Waals surface area (Å²) in [6.45, 7) is 6.51. The van der Waals surface area contributed by atoms with Gasteiger partial charge in [-0.2, -0.15) is 5.10 Å². The van der Waals surface area contributed by atoms with E-state index in [4.69, 9.17) is 0 Å². The molecule has 3 rings (SSSR count). The molecule has 22 heavy (non-hydrogen) atoms. The van der Waals surface area contributed by atoms with Crippen LogP contribution in [0.5, 0.6) is 0 Å². The molecule has 0 aliphatic heterocycles. The maximum Gasteiger partial charge on any atom is 0.0641 e. The van der Waals surface area contributed by atoms with E-state index < -0.39 is 0 Å². The summed E-state index contributed by atoms with van der Waals surface area (Å²) in [7, 11) is 2.04. The third-order valence-corrected chi connectivity index (χ3v) is 5.47. The van der Waals surface area contributed by atoms with Crippen LogP contribution in [0.1, 0.15) is 29.8 Å². The van der Waals surface area contributed by atoms with Crippen molar-refractivity contribution >= 4 is 11.8 Å². The van der Waals surface area contributed by atoms with E-state index in [0.717, 1.165) is 24.9 Å². The van der Waals surface area contributed by atoms with E-state index in [2.05, 4.69) is 54.2 Å². The first-order valence-corrected chi connectivity index (χ1v) is 9.04. The van der Waals surface area contributed by atoms with Crippen LogP contribution in [0, 0.1) is 13.8 Å². The molecule has 0 atom stereocenters. The summed E-state index contributed by atoms with van der Waals surface area (Å²) in [5.74, 6) is 1.15. The van der Waals surface area contributed by atoms with Gasteiger partial charge in [0.2, 0.25) is 0 Å². The van der Waals surface area contributed by atoms with Gasteiger partial charge in [-0.1, -0.05) is 18.2 Å². The highest BCUT2D eigenvalue weighted by molar-refractivity contribution is 7.99. The van der Waals surface area contributed by atoms with E-state index in [9.17, 15) is 0 Å². The zero-order valence-electron chi connectivity index (χ0n) is 13.7. The molecule has 1 heterocycles. The summed E-state index contributed by atoms with van der Waals surface area (Å²) in [6.07, 6.45) is 2.71. The molecule has 0 saturated heterocycles. The molecule has 118 valence electrons. The van der Waals surface area contributed by atoms with Crippen LogP contribution in [-0.4, -0.2) is 33.0 Å². The highest BCUT2D eigenvalue weighted by Gasteiger charge is 2.29. The molecule has 0 amide bonds. The fourth-order valence-corrected chi connectivity index (χ4v) is 3.79. The van der Waals surface area contributed by atoms with Crippen LogP contribution in [-0.2, 0) is 13.6 Å². The van der Waals surface area contributed by atoms with Crippen molar-refractivity contribution in [2.45, 2.75) is 44.2 Å². The van der Waals surface area contributed by atoms with Crippen LogP contribution in [0.15, 0.2) is 35.2 Å². The second-order valence-corrected chi connectivity index (χ2v) is 7.30. The van der Waals surface area contributed by atoms with Gasteiger partial charge in [0.25, 0.3) is 0 Å². The Balaban J connectivity index is 1.59. The van der Waals surface area contributed by atoms with Crippen molar-refractivity contribution < 1.29 is 0 Å². The Bertz CT molecular complexity index is 617. The summed E-state index contributed by atoms with van der Waals surface area (Å²) in [4.78, 5) is 4.01. The Morgan fingerprint density at radius 2 is 1.95 bits per heavy atom. The Labute approximate surface area is 137 Å². The number of aryl methyl sites for hydroxylation is 2. The molecule has 1 aromatic carbocycles. The number of nitrogens with zero attached hydrogens (tertiary/aromatic N) is 3. The van der Waals surface area contributed by atoms with E-state index in [0.29, 0.717) is 0 Å². The number of aromatic nitrogens is 2. The van der Waals surface area contributed by atoms with Gasteiger partial charge in [0.1, 0.15) is 0 Å². The van der Waals surface area contributed by atoms with Gasteiger partial charge in [0.15, 0.2) is 0 Å². The minimum absolute atomic E-state index is 0.787. The number of hydrogen-bond acceptors (Lipinski definition) is 3. The highest BCUT2D eigenvalue weighted by atomic mass is 32.2. The van der Waals surface area contributed by atoms with Crippen molar-refractivity contribution in [3.8, 4) is 0 Å². The van der Waals surface area contributed by atoms with E-state index in [1.807, 2.05) is 23.5 Å². The van der Waals surface area contributed by atoms with Gasteiger partial charge in [0.05, 0.1) is 5.69 Å². The van der Waals surface area contributed by atoms with Crippen LogP contribution in [0.25, 0.3) is 0 Å². The summed E-state index contributed by atoms with van der Waals surface area (Å²) in [5.41, 5.74) is 3.90. The smallest absolute Gasteiger partial charge is 0.0641 e. The maximum absolute atomic E-state index is 4.56. The first-order chi connectivity index (χ1) is 10.6. The Kier molecular flexibility index (Phi) is 4.89. The van der Waals surface area contributed by atoms with Crippen molar-refractivity contribution in [2.75, 3.05) is 12.3 Å². The molecule has 0 N–H and O–H groups in total. The van der Waals surface area contributed by atoms with Gasteiger partial charge in [0, 0.05) is 48.1 Å². The SMILES string of the molecule is Cc1nn(C)c(C)c1CN(CCSc1ccccc1)C1CC1. The van der Waals surface area contributed by atoms with E-state index in [1.165, 1.54) is 34.7 Å². The molecular formula is C18H25N3S. The Morgan fingerprint density at radius 3 is 2.55 bits per heavy atom. The minimum atomic E-state index is 0.787. The van der Waals surface area contributed by atoms with Crippen molar-refractivity contribution in [1.82, 2.24) is 14.7 Å². The van der Waals surface area contributed by atoms with Crippen LogP contribution >= 0.6 is 11.8 Å². The van der Waals surface area contributed by atoms with Gasteiger partial charge in [-0.3, -0.25) is 9.58 Å². The molecule has 2 aromatic rings. The zero-order valence-corrected chi connectivity index (χ0v) is 14.6. The quantitative estimate of drug-likeness (QED) is 0.725. The lowest BCUT2D eigenvalue weighted by Crippen LogP contribution is -2.28. The number of thioether (sulfide) groups is 1. The van der Waals surface area contributed by atoms with Crippen molar-refractivity contribution in [2.24, 2.45) is 7.05 Å². The molecular weight excluding hydrogens is 290 g/mol. The van der Waals surface area contributed by atoms with Crippen LogP contribution < -0.4 is 0 Å². The molecule has 1 saturated carbocycles. The summed E-state index contributed by atoms with van der Waals surface area (Å²) >= 11 is 1.96. The summed E-state index contributed by atoms with van der Waals surface area (Å²) in [6, 6.07) is 11.5. The lowest BCUT2D eigenvalue weighted by atomic mass is 10.2. The monoisotopic (exact) mass is 315 g/mol. The molecule has 1 aliphatic carbocycles. The first-order valence-electron chi connectivity index (χ1n) is 8.06. The molecule has 4 heteroatoms. The van der Waals surface area contributed by atoms with Gasteiger partial charge >= 0.3 is 0 Å². The predicted octanol–water partition coefficient (Wildman–Crippen LogP) is 3.79. The van der Waals surface area contributed by atoms with Crippen molar-refractivity contribution in [3.05, 3.63) is 47.3 Å². The fraction of sp³-hybridized carbons (Fsp3) is 0.500. The lowest BCUT2D eigenvalue weighted by Gasteiger charge is -2.22. The van der Waals surface area contributed by atoms with Gasteiger partial charge in [-0.15, -0.1) is 11.8 Å². The van der Waals surface area contributed by atoms with Gasteiger partial charge in [-0.05, 0) is 38.8 Å². The third-order valence-electron chi connectivity index (χ3n) is 4.47. The second kappa shape index (κ2) is 6.88. The number of benzene rings is 1. The van der Waals surface area contributed by atoms with Crippen molar-refractivity contribution in [1.29, 1.82) is 0 Å². The standard InChI is InChI=1S/C18H25N3S/c1-14-18(15(2)20(3)19-14)13-21(16-9-10-16)11-12-22-17-7-5-4-6-8-17/h4-8,16H,9-13H2,1-3H3. The topological polar surface area (TPSA) is 21.1 Å². The number of hydrogen-bond donors (Lipinski definition) is 0. The molecule has 1 aliphatic rings.